The van der Waals surface area contributed by atoms with Crippen molar-refractivity contribution < 1.29 is 9.13 Å². The molecule has 4 heteroatoms. The number of nitrogens with zero attached hydrogens (tertiary/aromatic N) is 2. The Bertz CT molecular complexity index is 508. The number of hydrogen-bond acceptors (Lipinski definition) is 2. The van der Waals surface area contributed by atoms with E-state index < -0.39 is 0 Å². The molecule has 90 valence electrons. The van der Waals surface area contributed by atoms with Crippen LogP contribution in [0.2, 0.25) is 0 Å². The SMILES string of the molecule is CCn1ccnc1COc1cccc(C)c1F. The molecule has 0 amide bonds. The summed E-state index contributed by atoms with van der Waals surface area (Å²) < 4.78 is 21.1. The molecule has 2 rings (SSSR count). The van der Waals surface area contributed by atoms with Gasteiger partial charge in [-0.3, -0.25) is 0 Å². The summed E-state index contributed by atoms with van der Waals surface area (Å²) in [5.41, 5.74) is 0.585. The number of aryl methyl sites for hydroxylation is 2. The second-order valence-corrected chi connectivity index (χ2v) is 3.81. The molecule has 3 nitrogen and oxygen atoms in total. The Morgan fingerprint density at radius 1 is 1.41 bits per heavy atom. The molecule has 1 aromatic carbocycles. The lowest BCUT2D eigenvalue weighted by atomic mass is 10.2. The predicted molar refractivity (Wildman–Crippen MR) is 63.4 cm³/mol. The average molecular weight is 234 g/mol. The van der Waals surface area contributed by atoms with E-state index in [1.54, 1.807) is 31.3 Å². The monoisotopic (exact) mass is 234 g/mol. The molecule has 0 aliphatic carbocycles. The molecule has 0 fully saturated rings. The van der Waals surface area contributed by atoms with Crippen LogP contribution in [0.1, 0.15) is 18.3 Å². The molecule has 0 aliphatic heterocycles. The van der Waals surface area contributed by atoms with Gasteiger partial charge in [0.25, 0.3) is 0 Å². The first-order chi connectivity index (χ1) is 8.22. The van der Waals surface area contributed by atoms with Crippen LogP contribution >= 0.6 is 0 Å². The molecule has 1 heterocycles. The van der Waals surface area contributed by atoms with Gasteiger partial charge in [0.2, 0.25) is 0 Å². The highest BCUT2D eigenvalue weighted by atomic mass is 19.1. The molecular weight excluding hydrogens is 219 g/mol. The highest BCUT2D eigenvalue weighted by molar-refractivity contribution is 5.30. The van der Waals surface area contributed by atoms with Gasteiger partial charge in [0.15, 0.2) is 11.6 Å². The lowest BCUT2D eigenvalue weighted by molar-refractivity contribution is 0.275. The first-order valence-corrected chi connectivity index (χ1v) is 5.60. The largest absolute Gasteiger partial charge is 0.483 e. The second kappa shape index (κ2) is 4.99. The Morgan fingerprint density at radius 3 is 3.00 bits per heavy atom. The van der Waals surface area contributed by atoms with E-state index in [-0.39, 0.29) is 18.2 Å². The van der Waals surface area contributed by atoms with Crippen molar-refractivity contribution in [1.82, 2.24) is 9.55 Å². The van der Waals surface area contributed by atoms with E-state index in [1.807, 2.05) is 17.7 Å². The normalized spacial score (nSPS) is 10.5. The van der Waals surface area contributed by atoms with Gasteiger partial charge in [-0.2, -0.15) is 0 Å². The fourth-order valence-corrected chi connectivity index (χ4v) is 1.64. The molecule has 0 unspecified atom stereocenters. The third kappa shape index (κ3) is 2.46. The number of rotatable bonds is 4. The molecule has 2 aromatic rings. The van der Waals surface area contributed by atoms with E-state index in [2.05, 4.69) is 4.98 Å². The minimum atomic E-state index is -0.304. The van der Waals surface area contributed by atoms with Crippen LogP contribution in [0.4, 0.5) is 4.39 Å². The predicted octanol–water partition coefficient (Wildman–Crippen LogP) is 2.93. The van der Waals surface area contributed by atoms with E-state index in [0.717, 1.165) is 12.4 Å². The molecule has 0 radical (unpaired) electrons. The Kier molecular flexibility index (Phi) is 3.42. The highest BCUT2D eigenvalue weighted by Gasteiger charge is 2.07. The third-order valence-corrected chi connectivity index (χ3v) is 2.66. The first kappa shape index (κ1) is 11.6. The van der Waals surface area contributed by atoms with Crippen LogP contribution in [-0.2, 0) is 13.2 Å². The minimum absolute atomic E-state index is 0.274. The Labute approximate surface area is 99.9 Å². The lowest BCUT2D eigenvalue weighted by Crippen LogP contribution is -2.06. The summed E-state index contributed by atoms with van der Waals surface area (Å²) in [6, 6.07) is 5.12. The first-order valence-electron chi connectivity index (χ1n) is 5.60. The zero-order valence-electron chi connectivity index (χ0n) is 9.98. The third-order valence-electron chi connectivity index (χ3n) is 2.66. The quantitative estimate of drug-likeness (QED) is 0.813. The van der Waals surface area contributed by atoms with Crippen molar-refractivity contribution in [2.45, 2.75) is 27.0 Å². The summed E-state index contributed by atoms with van der Waals surface area (Å²) in [7, 11) is 0. The lowest BCUT2D eigenvalue weighted by Gasteiger charge is -2.09. The number of halogens is 1. The summed E-state index contributed by atoms with van der Waals surface area (Å²) in [5, 5.41) is 0. The molecule has 0 saturated heterocycles. The van der Waals surface area contributed by atoms with Gasteiger partial charge in [-0.25, -0.2) is 9.37 Å². The average Bonchev–Trinajstić information content (AvgIpc) is 2.78. The van der Waals surface area contributed by atoms with Gasteiger partial charge < -0.3 is 9.30 Å². The zero-order chi connectivity index (χ0) is 12.3. The Hall–Kier alpha value is -1.84. The number of aromatic nitrogens is 2. The van der Waals surface area contributed by atoms with Crippen LogP contribution < -0.4 is 4.74 Å². The maximum Gasteiger partial charge on any atom is 0.167 e. The fourth-order valence-electron chi connectivity index (χ4n) is 1.64. The van der Waals surface area contributed by atoms with Gasteiger partial charge in [0.05, 0.1) is 0 Å². The Morgan fingerprint density at radius 2 is 2.24 bits per heavy atom. The molecular formula is C13H15FN2O. The van der Waals surface area contributed by atoms with E-state index in [4.69, 9.17) is 4.74 Å². The minimum Gasteiger partial charge on any atom is -0.483 e. The number of imidazole rings is 1. The Balaban J connectivity index is 2.10. The molecule has 1 aromatic heterocycles. The van der Waals surface area contributed by atoms with E-state index >= 15 is 0 Å². The summed E-state index contributed by atoms with van der Waals surface area (Å²) in [6.07, 6.45) is 3.60. The maximum absolute atomic E-state index is 13.7. The summed E-state index contributed by atoms with van der Waals surface area (Å²) in [4.78, 5) is 4.17. The molecule has 17 heavy (non-hydrogen) atoms. The topological polar surface area (TPSA) is 27.1 Å². The standard InChI is InChI=1S/C13H15FN2O/c1-3-16-8-7-15-12(16)9-17-11-6-4-5-10(2)13(11)14/h4-8H,3,9H2,1-2H3. The van der Waals surface area contributed by atoms with Crippen LogP contribution in [0.3, 0.4) is 0 Å². The van der Waals surface area contributed by atoms with Crippen LogP contribution in [0.15, 0.2) is 30.6 Å². The van der Waals surface area contributed by atoms with Crippen molar-refractivity contribution in [1.29, 1.82) is 0 Å². The van der Waals surface area contributed by atoms with Crippen LogP contribution in [0.25, 0.3) is 0 Å². The van der Waals surface area contributed by atoms with Crippen molar-refractivity contribution in [3.63, 3.8) is 0 Å². The molecule has 0 atom stereocenters. The highest BCUT2D eigenvalue weighted by Crippen LogP contribution is 2.20. The van der Waals surface area contributed by atoms with Gasteiger partial charge in [0, 0.05) is 18.9 Å². The zero-order valence-corrected chi connectivity index (χ0v) is 9.98. The maximum atomic E-state index is 13.7. The van der Waals surface area contributed by atoms with E-state index in [1.165, 1.54) is 0 Å². The summed E-state index contributed by atoms with van der Waals surface area (Å²) in [5.74, 6) is 0.770. The summed E-state index contributed by atoms with van der Waals surface area (Å²) >= 11 is 0. The summed E-state index contributed by atoms with van der Waals surface area (Å²) in [6.45, 7) is 4.85. The number of benzene rings is 1. The molecule has 0 aliphatic rings. The van der Waals surface area contributed by atoms with E-state index in [0.29, 0.717) is 5.56 Å². The van der Waals surface area contributed by atoms with Crippen LogP contribution in [0, 0.1) is 12.7 Å². The van der Waals surface area contributed by atoms with E-state index in [9.17, 15) is 4.39 Å². The molecule has 0 saturated carbocycles. The van der Waals surface area contributed by atoms with Crippen molar-refractivity contribution in [3.05, 3.63) is 47.8 Å². The second-order valence-electron chi connectivity index (χ2n) is 3.81. The van der Waals surface area contributed by atoms with Gasteiger partial charge >= 0.3 is 0 Å². The molecule has 0 N–H and O–H groups in total. The van der Waals surface area contributed by atoms with Gasteiger partial charge in [-0.15, -0.1) is 0 Å². The van der Waals surface area contributed by atoms with Gasteiger partial charge in [0.1, 0.15) is 12.4 Å². The smallest absolute Gasteiger partial charge is 0.167 e. The van der Waals surface area contributed by atoms with Crippen LogP contribution in [-0.4, -0.2) is 9.55 Å². The number of hydrogen-bond donors (Lipinski definition) is 0. The fraction of sp³-hybridized carbons (Fsp3) is 0.308. The molecule has 0 bridgehead atoms. The van der Waals surface area contributed by atoms with Crippen molar-refractivity contribution in [3.8, 4) is 5.75 Å². The van der Waals surface area contributed by atoms with Crippen LogP contribution in [0.5, 0.6) is 5.75 Å². The van der Waals surface area contributed by atoms with Crippen molar-refractivity contribution in [2.24, 2.45) is 0 Å². The number of ether oxygens (including phenoxy) is 1. The van der Waals surface area contributed by atoms with Gasteiger partial charge in [-0.1, -0.05) is 12.1 Å². The van der Waals surface area contributed by atoms with Crippen molar-refractivity contribution in [2.75, 3.05) is 0 Å². The molecule has 0 spiro atoms. The van der Waals surface area contributed by atoms with Gasteiger partial charge in [-0.05, 0) is 25.5 Å². The van der Waals surface area contributed by atoms with Crippen molar-refractivity contribution >= 4 is 0 Å².